The Labute approximate surface area is 114 Å². The van der Waals surface area contributed by atoms with Crippen molar-refractivity contribution >= 4 is 49.4 Å². The molecule has 0 rings (SSSR count). The molecule has 0 aliphatic heterocycles. The van der Waals surface area contributed by atoms with E-state index in [2.05, 4.69) is 5.32 Å². The first-order valence-electron chi connectivity index (χ1n) is 4.58. The number of hydrogen-bond donors (Lipinski definition) is 2. The molecule has 0 saturated carbocycles. The van der Waals surface area contributed by atoms with Crippen molar-refractivity contribution in [1.29, 1.82) is 0 Å². The van der Waals surface area contributed by atoms with E-state index in [0.29, 0.717) is 12.8 Å². The van der Waals surface area contributed by atoms with E-state index in [0.717, 1.165) is 5.75 Å². The van der Waals surface area contributed by atoms with Crippen LogP contribution in [0.25, 0.3) is 0 Å². The molecule has 0 aromatic carbocycles. The summed E-state index contributed by atoms with van der Waals surface area (Å²) in [7, 11) is 0. The fourth-order valence-electron chi connectivity index (χ4n) is 0.911. The predicted octanol–water partition coefficient (Wildman–Crippen LogP) is 1.30. The van der Waals surface area contributed by atoms with Crippen LogP contribution in [-0.2, 0) is 9.59 Å². The quantitative estimate of drug-likeness (QED) is 0.705. The lowest BCUT2D eigenvalue weighted by atomic mass is 10.2. The van der Waals surface area contributed by atoms with Gasteiger partial charge in [0.15, 0.2) is 0 Å². The molecule has 0 bridgehead atoms. The van der Waals surface area contributed by atoms with Gasteiger partial charge in [-0.1, -0.05) is 6.92 Å². The lowest BCUT2D eigenvalue weighted by Crippen LogP contribution is -2.40. The van der Waals surface area contributed by atoms with Crippen molar-refractivity contribution in [1.82, 2.24) is 5.32 Å². The average Bonchev–Trinajstić information content (AvgIpc) is 2.16. The van der Waals surface area contributed by atoms with E-state index >= 15 is 0 Å². The zero-order valence-electron chi connectivity index (χ0n) is 9.49. The fourth-order valence-corrected chi connectivity index (χ4v) is 1.38. The highest BCUT2D eigenvalue weighted by Crippen LogP contribution is 2.00. The van der Waals surface area contributed by atoms with Gasteiger partial charge in [0.05, 0.1) is 6.54 Å². The summed E-state index contributed by atoms with van der Waals surface area (Å²) in [4.78, 5) is 21.7. The number of Topliss-reactive ketones (excluding diaryl/α,β-unsaturated/α-hetero) is 1. The van der Waals surface area contributed by atoms with Gasteiger partial charge in [-0.25, -0.2) is 0 Å². The number of nitrogens with one attached hydrogen (secondary N) is 1. The van der Waals surface area contributed by atoms with Crippen LogP contribution in [0.4, 0.5) is 0 Å². The molecule has 0 aliphatic rings. The van der Waals surface area contributed by atoms with E-state index in [1.165, 1.54) is 0 Å². The van der Waals surface area contributed by atoms with Gasteiger partial charge in [0, 0.05) is 6.42 Å². The van der Waals surface area contributed by atoms with Crippen molar-refractivity contribution in [2.45, 2.75) is 25.8 Å². The van der Waals surface area contributed by atoms with Gasteiger partial charge in [-0.15, -0.1) is 12.4 Å². The Morgan fingerprint density at radius 2 is 2.00 bits per heavy atom. The second-order valence-electron chi connectivity index (χ2n) is 2.95. The standard InChI is InChI=1S/C9H17NO3S.ClH.H2S/c1-3-7(11)6-10-8(9(12)13)4-5-14-2;;/h8,10H,3-6H2,1-2H3,(H,12,13);1H;1H2/t8-;;/m0../s1. The normalized spacial score (nSPS) is 10.9. The van der Waals surface area contributed by atoms with Gasteiger partial charge in [-0.05, 0) is 18.4 Å². The Morgan fingerprint density at radius 3 is 2.38 bits per heavy atom. The molecule has 0 unspecified atom stereocenters. The number of halogens is 1. The molecule has 0 radical (unpaired) electrons. The molecule has 0 aromatic rings. The lowest BCUT2D eigenvalue weighted by molar-refractivity contribution is -0.139. The monoisotopic (exact) mass is 289 g/mol. The molecule has 0 aliphatic carbocycles. The molecular formula is C9H20ClNO3S2. The van der Waals surface area contributed by atoms with Crippen LogP contribution in [0.5, 0.6) is 0 Å². The highest BCUT2D eigenvalue weighted by atomic mass is 35.5. The smallest absolute Gasteiger partial charge is 0.320 e. The molecule has 0 saturated heterocycles. The number of rotatable bonds is 8. The molecule has 0 amide bonds. The molecule has 0 heterocycles. The summed E-state index contributed by atoms with van der Waals surface area (Å²) in [6.45, 7) is 1.92. The number of carbonyl (C=O) groups excluding carboxylic acids is 1. The number of carbonyl (C=O) groups is 2. The zero-order chi connectivity index (χ0) is 11.0. The van der Waals surface area contributed by atoms with Gasteiger partial charge in [-0.3, -0.25) is 14.9 Å². The number of thioether (sulfide) groups is 1. The summed E-state index contributed by atoms with van der Waals surface area (Å²) in [6, 6.07) is -0.599. The van der Waals surface area contributed by atoms with Gasteiger partial charge in [0.1, 0.15) is 11.8 Å². The molecule has 0 aromatic heterocycles. The number of hydrogen-bond acceptors (Lipinski definition) is 4. The number of aliphatic carboxylic acids is 1. The second kappa shape index (κ2) is 13.2. The highest BCUT2D eigenvalue weighted by molar-refractivity contribution is 7.98. The van der Waals surface area contributed by atoms with E-state index in [1.807, 2.05) is 6.26 Å². The first-order valence-corrected chi connectivity index (χ1v) is 5.98. The molecule has 16 heavy (non-hydrogen) atoms. The van der Waals surface area contributed by atoms with Crippen LogP contribution in [0.15, 0.2) is 0 Å². The SMILES string of the molecule is CCC(=O)CN[C@@H](CCSC)C(=O)O.Cl.S. The maximum atomic E-state index is 11.0. The van der Waals surface area contributed by atoms with Crippen molar-refractivity contribution in [3.63, 3.8) is 0 Å². The molecule has 1 atom stereocenters. The maximum absolute atomic E-state index is 11.0. The van der Waals surface area contributed by atoms with Crippen LogP contribution in [-0.4, -0.2) is 41.5 Å². The van der Waals surface area contributed by atoms with E-state index in [9.17, 15) is 9.59 Å². The van der Waals surface area contributed by atoms with Gasteiger partial charge < -0.3 is 5.11 Å². The lowest BCUT2D eigenvalue weighted by Gasteiger charge is -2.12. The van der Waals surface area contributed by atoms with Gasteiger partial charge in [0.2, 0.25) is 0 Å². The molecule has 4 nitrogen and oxygen atoms in total. The molecule has 2 N–H and O–H groups in total. The van der Waals surface area contributed by atoms with Crippen LogP contribution >= 0.6 is 37.7 Å². The molecule has 98 valence electrons. The average molecular weight is 290 g/mol. The number of carboxylic acids is 1. The van der Waals surface area contributed by atoms with Crippen molar-refractivity contribution in [3.8, 4) is 0 Å². The largest absolute Gasteiger partial charge is 0.480 e. The summed E-state index contributed by atoms with van der Waals surface area (Å²) < 4.78 is 0. The Morgan fingerprint density at radius 1 is 1.44 bits per heavy atom. The van der Waals surface area contributed by atoms with Gasteiger partial charge >= 0.3 is 5.97 Å². The molecule has 7 heteroatoms. The van der Waals surface area contributed by atoms with Gasteiger partial charge in [-0.2, -0.15) is 25.3 Å². The summed E-state index contributed by atoms with van der Waals surface area (Å²) in [6.07, 6.45) is 2.92. The van der Waals surface area contributed by atoms with Crippen LogP contribution in [0.1, 0.15) is 19.8 Å². The minimum absolute atomic E-state index is 0. The molecule has 0 spiro atoms. The first-order chi connectivity index (χ1) is 6.61. The van der Waals surface area contributed by atoms with Crippen LogP contribution < -0.4 is 5.32 Å². The van der Waals surface area contributed by atoms with E-state index in [4.69, 9.17) is 5.11 Å². The van der Waals surface area contributed by atoms with Crippen molar-refractivity contribution < 1.29 is 14.7 Å². The van der Waals surface area contributed by atoms with Crippen molar-refractivity contribution in [2.75, 3.05) is 18.6 Å². The zero-order valence-corrected chi connectivity index (χ0v) is 12.1. The van der Waals surface area contributed by atoms with E-state index in [-0.39, 0.29) is 38.2 Å². The van der Waals surface area contributed by atoms with Crippen LogP contribution in [0.3, 0.4) is 0 Å². The maximum Gasteiger partial charge on any atom is 0.320 e. The minimum atomic E-state index is -0.886. The summed E-state index contributed by atoms with van der Waals surface area (Å²) in [5.41, 5.74) is 0. The molecular weight excluding hydrogens is 270 g/mol. The number of carboxylic acid groups (broad SMARTS) is 1. The number of ketones is 1. The minimum Gasteiger partial charge on any atom is -0.480 e. The highest BCUT2D eigenvalue weighted by Gasteiger charge is 2.16. The first kappa shape index (κ1) is 21.4. The predicted molar refractivity (Wildman–Crippen MR) is 75.4 cm³/mol. The Bertz CT molecular complexity index is 205. The van der Waals surface area contributed by atoms with Crippen molar-refractivity contribution in [3.05, 3.63) is 0 Å². The topological polar surface area (TPSA) is 66.4 Å². The van der Waals surface area contributed by atoms with Crippen LogP contribution in [0, 0.1) is 0 Å². The fraction of sp³-hybridized carbons (Fsp3) is 0.778. The summed E-state index contributed by atoms with van der Waals surface area (Å²) in [5.74, 6) is -0.0621. The Balaban J connectivity index is -0.000000845. The van der Waals surface area contributed by atoms with E-state index < -0.39 is 12.0 Å². The molecule has 0 fully saturated rings. The summed E-state index contributed by atoms with van der Waals surface area (Å²) in [5, 5.41) is 11.5. The third-order valence-corrected chi connectivity index (χ3v) is 2.49. The van der Waals surface area contributed by atoms with Crippen LogP contribution in [0.2, 0.25) is 0 Å². The summed E-state index contributed by atoms with van der Waals surface area (Å²) >= 11 is 1.60. The Hall–Kier alpha value is 0.0900. The second-order valence-corrected chi connectivity index (χ2v) is 3.93. The third-order valence-electron chi connectivity index (χ3n) is 1.85. The Kier molecular flexibility index (Phi) is 17.6. The van der Waals surface area contributed by atoms with E-state index in [1.54, 1.807) is 18.7 Å². The van der Waals surface area contributed by atoms with Crippen molar-refractivity contribution in [2.24, 2.45) is 0 Å². The third kappa shape index (κ3) is 10.6. The van der Waals surface area contributed by atoms with Gasteiger partial charge in [0.25, 0.3) is 0 Å².